The smallest absolute Gasteiger partial charge is 0.252 e. The Labute approximate surface area is 528 Å². The van der Waals surface area contributed by atoms with Gasteiger partial charge in [-0.3, -0.25) is 0 Å². The van der Waals surface area contributed by atoms with Gasteiger partial charge >= 0.3 is 0 Å². The summed E-state index contributed by atoms with van der Waals surface area (Å²) in [5.74, 6) is 1.73. The third kappa shape index (κ3) is 8.83. The monoisotopic (exact) mass is 1170 g/mol. The highest BCUT2D eigenvalue weighted by molar-refractivity contribution is 7.00. The van der Waals surface area contributed by atoms with Crippen LogP contribution in [0, 0.1) is 34.6 Å². The van der Waals surface area contributed by atoms with E-state index in [9.17, 15) is 0 Å². The quantitative estimate of drug-likeness (QED) is 0.142. The lowest BCUT2D eigenvalue weighted by molar-refractivity contribution is 0.590. The Bertz CT molecular complexity index is 5130. The predicted octanol–water partition coefficient (Wildman–Crippen LogP) is 21.3. The van der Waals surface area contributed by atoms with E-state index in [0.717, 1.165) is 95.4 Å². The average Bonchev–Trinajstić information content (AvgIpc) is 0.903. The van der Waals surface area contributed by atoms with Crippen molar-refractivity contribution in [3.63, 3.8) is 0 Å². The minimum absolute atomic E-state index is 0.0267. The van der Waals surface area contributed by atoms with Gasteiger partial charge in [0.25, 0.3) is 6.71 Å². The summed E-state index contributed by atoms with van der Waals surface area (Å²) in [6.45, 7) is 25.1. The summed E-state index contributed by atoms with van der Waals surface area (Å²) in [4.78, 5) is 7.70. The van der Waals surface area contributed by atoms with Crippen LogP contribution in [-0.4, -0.2) is 11.3 Å². The van der Waals surface area contributed by atoms with E-state index in [-0.39, 0.29) is 17.5 Å². The van der Waals surface area contributed by atoms with Crippen LogP contribution in [0.5, 0.6) is 0 Å². The van der Waals surface area contributed by atoms with E-state index >= 15 is 0 Å². The molecule has 0 fully saturated rings. The number of furan rings is 2. The maximum absolute atomic E-state index is 6.61. The van der Waals surface area contributed by atoms with Crippen molar-refractivity contribution in [3.05, 3.63) is 269 Å². The molecule has 16 rings (SSSR count). The molecule has 0 bridgehead atoms. The number of hydrogen-bond acceptors (Lipinski definition) is 5. The number of fused-ring (bicyclic) bond motifs is 9. The number of aromatic nitrogens is 1. The molecule has 0 amide bonds. The average molecular weight is 1170 g/mol. The highest BCUT2D eigenvalue weighted by Crippen LogP contribution is 2.51. The van der Waals surface area contributed by atoms with Gasteiger partial charge < -0.3 is 28.1 Å². The van der Waals surface area contributed by atoms with Crippen LogP contribution in [0.15, 0.2) is 239 Å². The topological polar surface area (TPSA) is 40.9 Å². The van der Waals surface area contributed by atoms with E-state index in [1.54, 1.807) is 0 Å². The zero-order chi connectivity index (χ0) is 61.6. The lowest BCUT2D eigenvalue weighted by atomic mass is 9.33. The van der Waals surface area contributed by atoms with E-state index in [1.807, 2.05) is 12.1 Å². The fourth-order valence-corrected chi connectivity index (χ4v) is 14.9. The molecule has 11 aromatic carbocycles. The molecule has 5 heterocycles. The number of rotatable bonds is 8. The summed E-state index contributed by atoms with van der Waals surface area (Å²) < 4.78 is 15.6. The first-order valence-corrected chi connectivity index (χ1v) is 31.7. The second kappa shape index (κ2) is 20.4. The molecule has 7 heteroatoms. The van der Waals surface area contributed by atoms with Gasteiger partial charge in [-0.2, -0.15) is 0 Å². The Balaban J connectivity index is 0.953. The van der Waals surface area contributed by atoms with Crippen LogP contribution < -0.4 is 31.1 Å². The van der Waals surface area contributed by atoms with Gasteiger partial charge in [-0.05, 0) is 222 Å². The molecule has 0 aliphatic carbocycles. The molecule has 3 aromatic heterocycles. The summed E-state index contributed by atoms with van der Waals surface area (Å²) in [6.07, 6.45) is 0. The summed E-state index contributed by atoms with van der Waals surface area (Å²) in [6, 6.07) is 85.7. The Morgan fingerprint density at radius 1 is 0.378 bits per heavy atom. The van der Waals surface area contributed by atoms with Crippen LogP contribution in [0.25, 0.3) is 72.1 Å². The number of aryl methyl sites for hydroxylation is 5. The Morgan fingerprint density at radius 2 is 0.844 bits per heavy atom. The molecular formula is C83H71BN4O2. The van der Waals surface area contributed by atoms with Crippen molar-refractivity contribution in [2.45, 2.75) is 87.0 Å². The highest BCUT2D eigenvalue weighted by Gasteiger charge is 2.45. The van der Waals surface area contributed by atoms with Crippen LogP contribution in [-0.2, 0) is 10.8 Å². The van der Waals surface area contributed by atoms with E-state index in [1.165, 1.54) is 83.2 Å². The van der Waals surface area contributed by atoms with Gasteiger partial charge in [0.15, 0.2) is 0 Å². The Hall–Kier alpha value is -10.2. The van der Waals surface area contributed by atoms with Crippen molar-refractivity contribution in [2.75, 3.05) is 14.7 Å². The number of anilines is 9. The van der Waals surface area contributed by atoms with Gasteiger partial charge in [0, 0.05) is 78.2 Å². The fraction of sp³-hybridized carbons (Fsp3) is 0.157. The second-order valence-corrected chi connectivity index (χ2v) is 27.3. The molecule has 14 aromatic rings. The summed E-state index contributed by atoms with van der Waals surface area (Å²) >= 11 is 0. The van der Waals surface area contributed by atoms with E-state index < -0.39 is 0 Å². The molecule has 90 heavy (non-hydrogen) atoms. The number of para-hydroxylation sites is 4. The van der Waals surface area contributed by atoms with Crippen molar-refractivity contribution < 1.29 is 8.83 Å². The zero-order valence-electron chi connectivity index (χ0n) is 53.1. The SMILES string of the molecule is Cc1cc2c3c(c1)N(c1c(C)cc(-c4cc5ccccc5o4)cc1C)c1cc(C(C)(C)C)ccc1B3c1ccc(N(c3ccc(C(C)(C)C)cc3)c3ccc4c5ccccc5n(-c5ccccc5)c4c3)cc1N2c1c(C)cc(-c2cc3ccccc3o2)cc1C. The number of benzene rings is 11. The Kier molecular flexibility index (Phi) is 12.5. The van der Waals surface area contributed by atoms with E-state index in [2.05, 4.69) is 314 Å². The maximum atomic E-state index is 6.61. The molecule has 0 N–H and O–H groups in total. The van der Waals surface area contributed by atoms with Gasteiger partial charge in [0.2, 0.25) is 0 Å². The number of hydrogen-bond donors (Lipinski definition) is 0. The molecule has 2 aliphatic rings. The molecule has 438 valence electrons. The third-order valence-electron chi connectivity index (χ3n) is 19.1. The van der Waals surface area contributed by atoms with Gasteiger partial charge in [-0.25, -0.2) is 0 Å². The van der Waals surface area contributed by atoms with E-state index in [0.29, 0.717) is 0 Å². The summed E-state index contributed by atoms with van der Waals surface area (Å²) in [5.41, 5.74) is 29.7. The van der Waals surface area contributed by atoms with Crippen molar-refractivity contribution in [2.24, 2.45) is 0 Å². The van der Waals surface area contributed by atoms with Crippen LogP contribution in [0.3, 0.4) is 0 Å². The molecule has 0 atom stereocenters. The van der Waals surface area contributed by atoms with Crippen molar-refractivity contribution in [1.29, 1.82) is 0 Å². The predicted molar refractivity (Wildman–Crippen MR) is 381 cm³/mol. The fourth-order valence-electron chi connectivity index (χ4n) is 14.9. The van der Waals surface area contributed by atoms with Crippen molar-refractivity contribution in [1.82, 2.24) is 4.57 Å². The molecule has 0 saturated carbocycles. The van der Waals surface area contributed by atoms with Gasteiger partial charge in [0.05, 0.1) is 22.4 Å². The lowest BCUT2D eigenvalue weighted by Gasteiger charge is -2.46. The molecule has 0 radical (unpaired) electrons. The first-order chi connectivity index (χ1) is 43.4. The third-order valence-corrected chi connectivity index (χ3v) is 19.1. The minimum Gasteiger partial charge on any atom is -0.456 e. The highest BCUT2D eigenvalue weighted by atomic mass is 16.3. The molecule has 0 saturated heterocycles. The normalized spacial score (nSPS) is 13.0. The molecular weight excluding hydrogens is 1100 g/mol. The molecule has 2 aliphatic heterocycles. The minimum atomic E-state index is -0.112. The van der Waals surface area contributed by atoms with Gasteiger partial charge in [-0.1, -0.05) is 151 Å². The molecule has 0 spiro atoms. The van der Waals surface area contributed by atoms with E-state index in [4.69, 9.17) is 8.83 Å². The maximum Gasteiger partial charge on any atom is 0.252 e. The molecule has 0 unspecified atom stereocenters. The molecule has 6 nitrogen and oxygen atoms in total. The van der Waals surface area contributed by atoms with Crippen LogP contribution >= 0.6 is 0 Å². The van der Waals surface area contributed by atoms with Crippen LogP contribution in [0.4, 0.5) is 51.2 Å². The summed E-state index contributed by atoms with van der Waals surface area (Å²) in [5, 5.41) is 4.63. The van der Waals surface area contributed by atoms with Gasteiger partial charge in [0.1, 0.15) is 22.7 Å². The zero-order valence-corrected chi connectivity index (χ0v) is 53.1. The Morgan fingerprint density at radius 3 is 1.41 bits per heavy atom. The second-order valence-electron chi connectivity index (χ2n) is 27.3. The van der Waals surface area contributed by atoms with Crippen molar-refractivity contribution in [3.8, 4) is 28.3 Å². The van der Waals surface area contributed by atoms with Gasteiger partial charge in [-0.15, -0.1) is 0 Å². The van der Waals surface area contributed by atoms with Crippen LogP contribution in [0.2, 0.25) is 0 Å². The first-order valence-electron chi connectivity index (χ1n) is 31.7. The summed E-state index contributed by atoms with van der Waals surface area (Å²) in [7, 11) is 0. The first kappa shape index (κ1) is 55.1. The van der Waals surface area contributed by atoms with Crippen molar-refractivity contribution >= 4 is 118 Å². The largest absolute Gasteiger partial charge is 0.456 e. The standard InChI is InChI=1S/C83H71BN4O2/c1-50-39-73-79-74(40-50)88(81-53(4)43-58(44-54(81)5)78-46-56-22-16-20-28-76(56)90-78)72-49-64(85(62-32-29-59(30-33-62)82(6,7)8)63-34-36-66-65-25-17-18-26-69(65)86(70(66)48-63)61-23-13-12-14-24-61)35-38-68(72)84(79)67-37-31-60(83(9,10)11)47-71(67)87(73)80-51(2)41-57(42-52(80)3)77-45-55-21-15-19-27-75(55)89-77/h12-49H,1-11H3. The van der Waals surface area contributed by atoms with Crippen LogP contribution in [0.1, 0.15) is 80.5 Å². The number of nitrogens with zero attached hydrogens (tertiary/aromatic N) is 4. The lowest BCUT2D eigenvalue weighted by Crippen LogP contribution is -2.61.